The largest absolute Gasteiger partial charge is 0.356 e. The average Bonchev–Trinajstić information content (AvgIpc) is 3.30. The lowest BCUT2D eigenvalue weighted by Crippen LogP contribution is -2.40. The normalized spacial score (nSPS) is 12.2. The van der Waals surface area contributed by atoms with Gasteiger partial charge in [0.1, 0.15) is 0 Å². The summed E-state index contributed by atoms with van der Waals surface area (Å²) in [6, 6.07) is 7.99. The van der Waals surface area contributed by atoms with E-state index in [4.69, 9.17) is 0 Å². The number of carbonyl (C=O) groups is 1. The molecule has 8 heteroatoms. The summed E-state index contributed by atoms with van der Waals surface area (Å²) < 4.78 is 0. The van der Waals surface area contributed by atoms with E-state index >= 15 is 0 Å². The minimum absolute atomic E-state index is 0. The third-order valence-corrected chi connectivity index (χ3v) is 5.42. The molecule has 0 aliphatic carbocycles. The molecule has 2 heterocycles. The van der Waals surface area contributed by atoms with Crippen molar-refractivity contribution >= 4 is 58.5 Å². The van der Waals surface area contributed by atoms with Crippen LogP contribution in [0.15, 0.2) is 40.0 Å². The molecule has 0 saturated carbocycles. The van der Waals surface area contributed by atoms with Crippen molar-refractivity contribution < 1.29 is 4.79 Å². The number of rotatable bonds is 9. The topological polar surface area (TPSA) is 65.5 Å². The molecular weight excluding hydrogens is 479 g/mol. The highest BCUT2D eigenvalue weighted by Gasteiger charge is 2.07. The highest BCUT2D eigenvalue weighted by atomic mass is 127. The fourth-order valence-corrected chi connectivity index (χ4v) is 3.84. The molecule has 2 aromatic rings. The third-order valence-electron chi connectivity index (χ3n) is 3.65. The van der Waals surface area contributed by atoms with E-state index in [-0.39, 0.29) is 29.9 Å². The highest BCUT2D eigenvalue weighted by molar-refractivity contribution is 14.0. The highest BCUT2D eigenvalue weighted by Crippen LogP contribution is 2.13. The summed E-state index contributed by atoms with van der Waals surface area (Å²) in [5.41, 5.74) is 0. The number of nitrogens with zero attached hydrogens (tertiary/aromatic N) is 1. The number of hydrogen-bond donors (Lipinski definition) is 3. The van der Waals surface area contributed by atoms with Gasteiger partial charge < -0.3 is 16.0 Å². The van der Waals surface area contributed by atoms with Gasteiger partial charge in [-0.2, -0.15) is 0 Å². The van der Waals surface area contributed by atoms with Crippen LogP contribution >= 0.6 is 46.7 Å². The van der Waals surface area contributed by atoms with Gasteiger partial charge in [-0.25, -0.2) is 0 Å². The van der Waals surface area contributed by atoms with Crippen molar-refractivity contribution in [2.24, 2.45) is 10.9 Å². The molecule has 0 radical (unpaired) electrons. The number of nitrogens with one attached hydrogen (secondary N) is 3. The van der Waals surface area contributed by atoms with Crippen molar-refractivity contribution in [1.82, 2.24) is 16.0 Å². The first-order valence-electron chi connectivity index (χ1n) is 8.47. The standard InChI is InChI=1S/C18H26N4OS2.HI/c1-14(12-15-6-3-10-24-15)13-22-18(19-2)21-9-5-8-20-17(23)16-7-4-11-25-16;/h3-4,6-7,10-11,14H,5,8-9,12-13H2,1-2H3,(H,20,23)(H2,19,21,22);1H. The maximum absolute atomic E-state index is 11.8. The van der Waals surface area contributed by atoms with E-state index in [1.165, 1.54) is 16.2 Å². The van der Waals surface area contributed by atoms with Gasteiger partial charge in [-0.1, -0.05) is 19.1 Å². The Hall–Kier alpha value is -1.13. The van der Waals surface area contributed by atoms with E-state index in [1.54, 1.807) is 18.4 Å². The van der Waals surface area contributed by atoms with Gasteiger partial charge in [-0.15, -0.1) is 46.7 Å². The Morgan fingerprint density at radius 3 is 2.50 bits per heavy atom. The minimum atomic E-state index is -0.0000843. The molecule has 2 rings (SSSR count). The lowest BCUT2D eigenvalue weighted by atomic mass is 10.1. The molecule has 1 unspecified atom stereocenters. The van der Waals surface area contributed by atoms with Crippen LogP contribution in [0.3, 0.4) is 0 Å². The van der Waals surface area contributed by atoms with Gasteiger partial charge in [0, 0.05) is 31.6 Å². The summed E-state index contributed by atoms with van der Waals surface area (Å²) in [4.78, 5) is 18.2. The Bertz CT molecular complexity index is 644. The van der Waals surface area contributed by atoms with Gasteiger partial charge in [-0.3, -0.25) is 9.79 Å². The molecule has 0 fully saturated rings. The summed E-state index contributed by atoms with van der Waals surface area (Å²) in [7, 11) is 1.78. The van der Waals surface area contributed by atoms with Crippen molar-refractivity contribution in [3.05, 3.63) is 44.8 Å². The van der Waals surface area contributed by atoms with Crippen LogP contribution < -0.4 is 16.0 Å². The Labute approximate surface area is 180 Å². The summed E-state index contributed by atoms with van der Waals surface area (Å²) in [5.74, 6) is 1.35. The van der Waals surface area contributed by atoms with Crippen LogP contribution in [0.25, 0.3) is 0 Å². The van der Waals surface area contributed by atoms with Crippen LogP contribution in [0.2, 0.25) is 0 Å². The second-order valence-corrected chi connectivity index (χ2v) is 7.84. The molecular formula is C18H27IN4OS2. The zero-order valence-corrected chi connectivity index (χ0v) is 19.1. The van der Waals surface area contributed by atoms with E-state index in [0.717, 1.165) is 36.8 Å². The van der Waals surface area contributed by atoms with Gasteiger partial charge in [0.2, 0.25) is 0 Å². The number of hydrogen-bond acceptors (Lipinski definition) is 4. The van der Waals surface area contributed by atoms with Crippen molar-refractivity contribution in [2.75, 3.05) is 26.7 Å². The first-order valence-corrected chi connectivity index (χ1v) is 10.2. The zero-order valence-electron chi connectivity index (χ0n) is 15.2. The number of carbonyl (C=O) groups excluding carboxylic acids is 1. The quantitative estimate of drug-likeness (QED) is 0.211. The molecule has 5 nitrogen and oxygen atoms in total. The fraction of sp³-hybridized carbons (Fsp3) is 0.444. The Morgan fingerprint density at radius 2 is 1.85 bits per heavy atom. The van der Waals surface area contributed by atoms with E-state index in [1.807, 2.05) is 17.5 Å². The molecule has 144 valence electrons. The van der Waals surface area contributed by atoms with Gasteiger partial charge in [0.15, 0.2) is 5.96 Å². The smallest absolute Gasteiger partial charge is 0.261 e. The predicted octanol–water partition coefficient (Wildman–Crippen LogP) is 3.59. The SMILES string of the molecule is CN=C(NCCCNC(=O)c1cccs1)NCC(C)Cc1cccs1.I. The molecule has 2 aromatic heterocycles. The van der Waals surface area contributed by atoms with Gasteiger partial charge in [0.25, 0.3) is 5.91 Å². The molecule has 1 amide bonds. The number of aliphatic imine (C=N–C) groups is 1. The molecule has 0 spiro atoms. The number of halogens is 1. The monoisotopic (exact) mass is 506 g/mol. The first kappa shape index (κ1) is 22.9. The lowest BCUT2D eigenvalue weighted by molar-refractivity contribution is 0.0957. The van der Waals surface area contributed by atoms with Crippen LogP contribution in [-0.2, 0) is 6.42 Å². The Kier molecular flexibility index (Phi) is 11.5. The zero-order chi connectivity index (χ0) is 17.9. The van der Waals surface area contributed by atoms with Crippen LogP contribution in [0, 0.1) is 5.92 Å². The fourth-order valence-electron chi connectivity index (χ4n) is 2.33. The van der Waals surface area contributed by atoms with Crippen molar-refractivity contribution in [3.8, 4) is 0 Å². The van der Waals surface area contributed by atoms with E-state index in [0.29, 0.717) is 12.5 Å². The van der Waals surface area contributed by atoms with E-state index in [9.17, 15) is 4.79 Å². The maximum Gasteiger partial charge on any atom is 0.261 e. The molecule has 0 aliphatic heterocycles. The molecule has 1 atom stereocenters. The molecule has 3 N–H and O–H groups in total. The minimum Gasteiger partial charge on any atom is -0.356 e. The van der Waals surface area contributed by atoms with Crippen molar-refractivity contribution in [3.63, 3.8) is 0 Å². The first-order chi connectivity index (χ1) is 12.2. The van der Waals surface area contributed by atoms with Crippen LogP contribution in [0.1, 0.15) is 27.9 Å². The van der Waals surface area contributed by atoms with Crippen molar-refractivity contribution in [1.29, 1.82) is 0 Å². The summed E-state index contributed by atoms with van der Waals surface area (Å²) >= 11 is 3.26. The molecule has 0 aliphatic rings. The van der Waals surface area contributed by atoms with Crippen LogP contribution in [-0.4, -0.2) is 38.5 Å². The predicted molar refractivity (Wildman–Crippen MR) is 123 cm³/mol. The lowest BCUT2D eigenvalue weighted by Gasteiger charge is -2.15. The van der Waals surface area contributed by atoms with Gasteiger partial charge in [-0.05, 0) is 41.7 Å². The van der Waals surface area contributed by atoms with E-state index in [2.05, 4.69) is 45.4 Å². The average molecular weight is 506 g/mol. The van der Waals surface area contributed by atoms with Crippen LogP contribution in [0.4, 0.5) is 0 Å². The molecule has 0 bridgehead atoms. The molecule has 0 aromatic carbocycles. The van der Waals surface area contributed by atoms with E-state index < -0.39 is 0 Å². The number of thiophene rings is 2. The van der Waals surface area contributed by atoms with Crippen LogP contribution in [0.5, 0.6) is 0 Å². The van der Waals surface area contributed by atoms with Crippen molar-refractivity contribution in [2.45, 2.75) is 19.8 Å². The third kappa shape index (κ3) is 8.50. The molecule has 26 heavy (non-hydrogen) atoms. The summed E-state index contributed by atoms with van der Waals surface area (Å²) in [6.07, 6.45) is 1.93. The maximum atomic E-state index is 11.8. The summed E-state index contributed by atoms with van der Waals surface area (Å²) in [5, 5.41) is 13.6. The Balaban J connectivity index is 0.00000338. The summed E-state index contributed by atoms with van der Waals surface area (Å²) in [6.45, 7) is 4.53. The Morgan fingerprint density at radius 1 is 1.12 bits per heavy atom. The van der Waals surface area contributed by atoms with Gasteiger partial charge >= 0.3 is 0 Å². The van der Waals surface area contributed by atoms with Gasteiger partial charge in [0.05, 0.1) is 4.88 Å². The number of guanidine groups is 1. The second kappa shape index (κ2) is 13.1. The molecule has 0 saturated heterocycles. The number of amides is 1. The second-order valence-electron chi connectivity index (χ2n) is 5.86.